The Morgan fingerprint density at radius 3 is 2.68 bits per heavy atom. The topological polar surface area (TPSA) is 79.7 Å². The summed E-state index contributed by atoms with van der Waals surface area (Å²) in [6.45, 7) is 2.61. The highest BCUT2D eigenvalue weighted by Crippen LogP contribution is 2.32. The normalized spacial score (nSPS) is 22.4. The van der Waals surface area contributed by atoms with Crippen molar-refractivity contribution in [3.8, 4) is 5.75 Å². The molecule has 0 bridgehead atoms. The molecule has 0 aromatic carbocycles. The minimum atomic E-state index is -1.29. The minimum absolute atomic E-state index is 0.0313. The lowest BCUT2D eigenvalue weighted by atomic mass is 9.88. The van der Waals surface area contributed by atoms with Crippen molar-refractivity contribution in [2.24, 2.45) is 5.92 Å². The van der Waals surface area contributed by atoms with Gasteiger partial charge >= 0.3 is 5.97 Å². The van der Waals surface area contributed by atoms with Crippen LogP contribution in [-0.4, -0.2) is 45.6 Å². The number of ether oxygens (including phenoxy) is 1. The summed E-state index contributed by atoms with van der Waals surface area (Å²) >= 11 is 0. The molecule has 6 heteroatoms. The number of amides is 1. The van der Waals surface area contributed by atoms with E-state index in [1.807, 2.05) is 0 Å². The third kappa shape index (κ3) is 3.67. The van der Waals surface area contributed by atoms with Gasteiger partial charge in [-0.15, -0.1) is 0 Å². The van der Waals surface area contributed by atoms with E-state index in [1.54, 1.807) is 30.2 Å². The van der Waals surface area contributed by atoms with Gasteiger partial charge in [0.25, 0.3) is 0 Å². The van der Waals surface area contributed by atoms with Crippen LogP contribution < -0.4 is 4.74 Å². The second-order valence-electron chi connectivity index (χ2n) is 6.80. The molecule has 1 N–H and O–H groups in total. The Balaban J connectivity index is 1.68. The molecule has 0 radical (unpaired) electrons. The van der Waals surface area contributed by atoms with Crippen LogP contribution >= 0.6 is 0 Å². The van der Waals surface area contributed by atoms with Crippen LogP contribution in [0.3, 0.4) is 0 Å². The lowest BCUT2D eigenvalue weighted by molar-refractivity contribution is -0.162. The van der Waals surface area contributed by atoms with Gasteiger partial charge < -0.3 is 14.7 Å². The summed E-state index contributed by atoms with van der Waals surface area (Å²) < 4.78 is 5.90. The number of hydrogen-bond donors (Lipinski definition) is 1. The maximum absolute atomic E-state index is 12.6. The van der Waals surface area contributed by atoms with Crippen LogP contribution in [0.2, 0.25) is 0 Å². The quantitative estimate of drug-likeness (QED) is 0.849. The van der Waals surface area contributed by atoms with Gasteiger partial charge in [0, 0.05) is 38.0 Å². The zero-order chi connectivity index (χ0) is 17.9. The number of allylic oxidation sites excluding steroid dienone is 2. The molecule has 1 amide bonds. The molecule has 1 aromatic heterocycles. The van der Waals surface area contributed by atoms with E-state index in [2.05, 4.69) is 17.1 Å². The molecule has 1 aromatic rings. The van der Waals surface area contributed by atoms with Crippen LogP contribution in [0.1, 0.15) is 37.8 Å². The molecule has 25 heavy (non-hydrogen) atoms. The van der Waals surface area contributed by atoms with E-state index >= 15 is 0 Å². The van der Waals surface area contributed by atoms with Crippen molar-refractivity contribution >= 4 is 11.9 Å². The molecule has 1 aliphatic heterocycles. The highest BCUT2D eigenvalue weighted by Gasteiger charge is 2.45. The second-order valence-corrected chi connectivity index (χ2v) is 6.80. The van der Waals surface area contributed by atoms with Crippen LogP contribution in [0.5, 0.6) is 5.75 Å². The molecule has 1 atom stereocenters. The summed E-state index contributed by atoms with van der Waals surface area (Å²) in [5, 5.41) is 9.76. The summed E-state index contributed by atoms with van der Waals surface area (Å²) in [6, 6.07) is 3.46. The molecule has 0 saturated carbocycles. The Labute approximate surface area is 147 Å². The van der Waals surface area contributed by atoms with Crippen LogP contribution in [0.15, 0.2) is 30.5 Å². The molecule has 1 saturated heterocycles. The number of aliphatic carboxylic acids is 1. The van der Waals surface area contributed by atoms with Crippen molar-refractivity contribution in [1.82, 2.24) is 9.88 Å². The fourth-order valence-electron chi connectivity index (χ4n) is 3.51. The van der Waals surface area contributed by atoms with E-state index in [0.29, 0.717) is 24.5 Å². The first-order valence-electron chi connectivity index (χ1n) is 8.80. The van der Waals surface area contributed by atoms with Crippen molar-refractivity contribution < 1.29 is 19.4 Å². The lowest BCUT2D eigenvalue weighted by Crippen LogP contribution is -2.55. The van der Waals surface area contributed by atoms with Crippen LogP contribution in [0.25, 0.3) is 0 Å². The maximum Gasteiger partial charge on any atom is 0.348 e. The number of carbonyl (C=O) groups is 2. The van der Waals surface area contributed by atoms with Gasteiger partial charge in [0.2, 0.25) is 11.5 Å². The number of hydrogen-bond acceptors (Lipinski definition) is 4. The van der Waals surface area contributed by atoms with Gasteiger partial charge in [0.05, 0.1) is 5.69 Å². The van der Waals surface area contributed by atoms with Gasteiger partial charge in [0.1, 0.15) is 5.75 Å². The number of carboxylic acid groups (broad SMARTS) is 1. The first kappa shape index (κ1) is 17.5. The fourth-order valence-corrected chi connectivity index (χ4v) is 3.51. The largest absolute Gasteiger partial charge is 0.478 e. The van der Waals surface area contributed by atoms with Crippen molar-refractivity contribution in [3.63, 3.8) is 0 Å². The summed E-state index contributed by atoms with van der Waals surface area (Å²) in [5.74, 6) is -0.324. The highest BCUT2D eigenvalue weighted by atomic mass is 16.5. The molecule has 1 aliphatic carbocycles. The third-order valence-electron chi connectivity index (χ3n) is 5.15. The van der Waals surface area contributed by atoms with Gasteiger partial charge in [-0.3, -0.25) is 9.78 Å². The van der Waals surface area contributed by atoms with Gasteiger partial charge in [-0.05, 0) is 38.3 Å². The number of likely N-dealkylation sites (tertiary alicyclic amines) is 1. The average Bonchev–Trinajstić information content (AvgIpc) is 2.64. The molecule has 6 nitrogen and oxygen atoms in total. The van der Waals surface area contributed by atoms with Crippen molar-refractivity contribution in [3.05, 3.63) is 36.2 Å². The first-order valence-corrected chi connectivity index (χ1v) is 8.80. The minimum Gasteiger partial charge on any atom is -0.478 e. The standard InChI is InChI=1S/C19H24N2O4/c1-14-16(8-5-11-20-14)25-19(18(23)24)9-12-21(13-10-19)17(22)15-6-3-2-4-7-15/h2-3,5,8,11,15H,4,6-7,9-10,12-13H2,1H3,(H,23,24)/t15-/m1/s1. The van der Waals surface area contributed by atoms with Gasteiger partial charge in [-0.2, -0.15) is 0 Å². The average molecular weight is 344 g/mol. The molecule has 1 fully saturated rings. The number of aromatic nitrogens is 1. The molecule has 2 heterocycles. The van der Waals surface area contributed by atoms with E-state index in [9.17, 15) is 14.7 Å². The van der Waals surface area contributed by atoms with Crippen LogP contribution in [-0.2, 0) is 9.59 Å². The Kier molecular flexibility index (Phi) is 5.06. The maximum atomic E-state index is 12.6. The first-order chi connectivity index (χ1) is 12.0. The molecule has 0 unspecified atom stereocenters. The van der Waals surface area contributed by atoms with Gasteiger partial charge in [-0.25, -0.2) is 4.79 Å². The van der Waals surface area contributed by atoms with Crippen molar-refractivity contribution in [2.45, 2.75) is 44.6 Å². The Morgan fingerprint density at radius 2 is 2.08 bits per heavy atom. The van der Waals surface area contributed by atoms with Crippen LogP contribution in [0.4, 0.5) is 0 Å². The monoisotopic (exact) mass is 344 g/mol. The van der Waals surface area contributed by atoms with Crippen molar-refractivity contribution in [1.29, 1.82) is 0 Å². The fraction of sp³-hybridized carbons (Fsp3) is 0.526. The Morgan fingerprint density at radius 1 is 1.32 bits per heavy atom. The summed E-state index contributed by atoms with van der Waals surface area (Å²) in [7, 11) is 0. The summed E-state index contributed by atoms with van der Waals surface area (Å²) in [4.78, 5) is 30.5. The van der Waals surface area contributed by atoms with Gasteiger partial charge in [0.15, 0.2) is 0 Å². The number of nitrogens with zero attached hydrogens (tertiary/aromatic N) is 2. The molecule has 134 valence electrons. The molecular weight excluding hydrogens is 320 g/mol. The molecule has 3 rings (SSSR count). The molecule has 0 spiro atoms. The Bertz CT molecular complexity index is 678. The Hall–Kier alpha value is -2.37. The number of pyridine rings is 1. The molecule has 2 aliphatic rings. The van der Waals surface area contributed by atoms with Gasteiger partial charge in [-0.1, -0.05) is 12.2 Å². The lowest BCUT2D eigenvalue weighted by Gasteiger charge is -2.40. The number of carboxylic acids is 1. The predicted octanol–water partition coefficient (Wildman–Crippen LogP) is 2.57. The SMILES string of the molecule is Cc1ncccc1OC1(C(=O)O)CCN(C(=O)[C@@H]2CC=CCC2)CC1. The van der Waals surface area contributed by atoms with E-state index in [4.69, 9.17) is 4.74 Å². The van der Waals surface area contributed by atoms with E-state index in [0.717, 1.165) is 19.3 Å². The number of aryl methyl sites for hydroxylation is 1. The summed E-state index contributed by atoms with van der Waals surface area (Å²) in [5.41, 5.74) is -0.632. The zero-order valence-corrected chi connectivity index (χ0v) is 14.5. The number of rotatable bonds is 4. The van der Waals surface area contributed by atoms with E-state index in [1.165, 1.54) is 0 Å². The van der Waals surface area contributed by atoms with Crippen molar-refractivity contribution in [2.75, 3.05) is 13.1 Å². The smallest absolute Gasteiger partial charge is 0.348 e. The highest BCUT2D eigenvalue weighted by molar-refractivity contribution is 5.81. The number of piperidine rings is 1. The second kappa shape index (κ2) is 7.25. The van der Waals surface area contributed by atoms with Crippen LogP contribution in [0, 0.1) is 12.8 Å². The predicted molar refractivity (Wildman–Crippen MR) is 92.3 cm³/mol. The van der Waals surface area contributed by atoms with E-state index < -0.39 is 11.6 Å². The number of carbonyl (C=O) groups excluding carboxylic acids is 1. The molecular formula is C19H24N2O4. The summed E-state index contributed by atoms with van der Waals surface area (Å²) in [6.07, 6.45) is 8.98. The zero-order valence-electron chi connectivity index (χ0n) is 14.5. The third-order valence-corrected chi connectivity index (χ3v) is 5.15. The van der Waals surface area contributed by atoms with E-state index in [-0.39, 0.29) is 24.7 Å².